The number of benzene rings is 1. The summed E-state index contributed by atoms with van der Waals surface area (Å²) in [6, 6.07) is 13.8. The first-order valence-electron chi connectivity index (χ1n) is 7.95. The fourth-order valence-electron chi connectivity index (χ4n) is 2.38. The lowest BCUT2D eigenvalue weighted by atomic mass is 10.1. The molecule has 0 bridgehead atoms. The lowest BCUT2D eigenvalue weighted by Crippen LogP contribution is -2.30. The average Bonchev–Trinajstić information content (AvgIpc) is 3.03. The van der Waals surface area contributed by atoms with E-state index < -0.39 is 5.97 Å². The van der Waals surface area contributed by atoms with Crippen molar-refractivity contribution in [3.63, 3.8) is 0 Å². The van der Waals surface area contributed by atoms with Gasteiger partial charge < -0.3 is 14.9 Å². The van der Waals surface area contributed by atoms with Crippen LogP contribution in [0.5, 0.6) is 0 Å². The Morgan fingerprint density at radius 1 is 1.17 bits per heavy atom. The molecule has 23 heavy (non-hydrogen) atoms. The van der Waals surface area contributed by atoms with Crippen LogP contribution in [0.25, 0.3) is 0 Å². The summed E-state index contributed by atoms with van der Waals surface area (Å²) in [7, 11) is 0. The van der Waals surface area contributed by atoms with Crippen molar-refractivity contribution in [3.05, 3.63) is 59.5 Å². The van der Waals surface area contributed by atoms with Crippen LogP contribution in [0.1, 0.15) is 28.8 Å². The molecule has 2 aromatic rings. The van der Waals surface area contributed by atoms with Gasteiger partial charge in [-0.2, -0.15) is 0 Å². The predicted molar refractivity (Wildman–Crippen MR) is 89.1 cm³/mol. The molecule has 124 valence electrons. The zero-order valence-corrected chi connectivity index (χ0v) is 13.5. The number of hydrogen-bond acceptors (Lipinski definition) is 5. The molecule has 1 aromatic heterocycles. The van der Waals surface area contributed by atoms with Crippen molar-refractivity contribution in [1.82, 2.24) is 4.90 Å². The van der Waals surface area contributed by atoms with Gasteiger partial charge in [0.2, 0.25) is 5.76 Å². The Hall–Kier alpha value is -2.11. The van der Waals surface area contributed by atoms with E-state index in [2.05, 4.69) is 17.0 Å². The Balaban J connectivity index is 1.92. The first kappa shape index (κ1) is 17.2. The van der Waals surface area contributed by atoms with Crippen molar-refractivity contribution >= 4 is 5.97 Å². The topological polar surface area (TPSA) is 68.7 Å². The number of nitrogens with zero attached hydrogens (tertiary/aromatic N) is 1. The van der Waals surface area contributed by atoms with Crippen LogP contribution in [0.4, 0.5) is 0 Å². The van der Waals surface area contributed by atoms with Gasteiger partial charge in [0.15, 0.2) is 0 Å². The van der Waals surface area contributed by atoms with Gasteiger partial charge in [-0.25, -0.2) is 4.79 Å². The molecule has 1 aromatic carbocycles. The lowest BCUT2D eigenvalue weighted by molar-refractivity contribution is 0.0486. The number of rotatable bonds is 9. The molecule has 0 fully saturated rings. The van der Waals surface area contributed by atoms with Gasteiger partial charge in [0.05, 0.1) is 13.2 Å². The van der Waals surface area contributed by atoms with E-state index in [1.54, 1.807) is 13.0 Å². The number of hydrogen-bond donors (Lipinski definition) is 1. The van der Waals surface area contributed by atoms with Gasteiger partial charge in [-0.15, -0.1) is 0 Å². The number of carbonyl (C=O) groups excluding carboxylic acids is 1. The number of esters is 1. The highest BCUT2D eigenvalue weighted by molar-refractivity contribution is 5.86. The first-order chi connectivity index (χ1) is 11.2. The third kappa shape index (κ3) is 5.54. The van der Waals surface area contributed by atoms with E-state index >= 15 is 0 Å². The summed E-state index contributed by atoms with van der Waals surface area (Å²) in [6.45, 7) is 4.99. The van der Waals surface area contributed by atoms with E-state index in [1.807, 2.05) is 24.3 Å². The van der Waals surface area contributed by atoms with Crippen molar-refractivity contribution in [3.8, 4) is 0 Å². The van der Waals surface area contributed by atoms with Gasteiger partial charge >= 0.3 is 5.97 Å². The van der Waals surface area contributed by atoms with Crippen molar-refractivity contribution in [2.24, 2.45) is 5.73 Å². The van der Waals surface area contributed by atoms with Crippen LogP contribution in [-0.4, -0.2) is 37.1 Å². The zero-order valence-electron chi connectivity index (χ0n) is 13.5. The maximum Gasteiger partial charge on any atom is 0.374 e. The first-order valence-corrected chi connectivity index (χ1v) is 7.95. The molecule has 0 spiro atoms. The second-order valence-electron chi connectivity index (χ2n) is 5.29. The Morgan fingerprint density at radius 2 is 1.96 bits per heavy atom. The largest absolute Gasteiger partial charge is 0.460 e. The Kier molecular flexibility index (Phi) is 6.84. The molecule has 5 heteroatoms. The summed E-state index contributed by atoms with van der Waals surface area (Å²) in [4.78, 5) is 13.9. The molecule has 0 aliphatic heterocycles. The maximum absolute atomic E-state index is 11.6. The minimum atomic E-state index is -0.423. The zero-order chi connectivity index (χ0) is 16.5. The van der Waals surface area contributed by atoms with E-state index in [1.165, 1.54) is 5.56 Å². The molecule has 0 amide bonds. The highest BCUT2D eigenvalue weighted by Gasteiger charge is 2.14. The predicted octanol–water partition coefficient (Wildman–Crippen LogP) is 2.46. The summed E-state index contributed by atoms with van der Waals surface area (Å²) in [6.07, 6.45) is 0.951. The molecular formula is C18H24N2O3. The fraction of sp³-hybridized carbons (Fsp3) is 0.389. The van der Waals surface area contributed by atoms with Gasteiger partial charge in [0.1, 0.15) is 5.76 Å². The molecule has 2 rings (SSSR count). The van der Waals surface area contributed by atoms with Crippen LogP contribution in [0.15, 0.2) is 46.9 Å². The minimum Gasteiger partial charge on any atom is -0.460 e. The Bertz CT molecular complexity index is 595. The highest BCUT2D eigenvalue weighted by atomic mass is 16.5. The van der Waals surface area contributed by atoms with Crippen LogP contribution >= 0.6 is 0 Å². The second-order valence-corrected chi connectivity index (χ2v) is 5.29. The molecule has 0 aliphatic rings. The van der Waals surface area contributed by atoms with Crippen molar-refractivity contribution in [2.75, 3.05) is 26.2 Å². The average molecular weight is 316 g/mol. The molecular weight excluding hydrogens is 292 g/mol. The van der Waals surface area contributed by atoms with Crippen LogP contribution < -0.4 is 5.73 Å². The third-order valence-corrected chi connectivity index (χ3v) is 3.52. The summed E-state index contributed by atoms with van der Waals surface area (Å²) < 4.78 is 10.5. The Labute approximate surface area is 137 Å². The van der Waals surface area contributed by atoms with E-state index in [4.69, 9.17) is 14.9 Å². The van der Waals surface area contributed by atoms with Gasteiger partial charge in [-0.1, -0.05) is 30.3 Å². The number of carbonyl (C=O) groups is 1. The molecule has 0 saturated carbocycles. The molecule has 0 saturated heterocycles. The molecule has 1 heterocycles. The SMILES string of the molecule is CCOC(=O)c1ccc(CN(CCN)CCc2ccccc2)o1. The second kappa shape index (κ2) is 9.12. The van der Waals surface area contributed by atoms with Crippen molar-refractivity contribution < 1.29 is 13.9 Å². The van der Waals surface area contributed by atoms with Crippen LogP contribution in [0.3, 0.4) is 0 Å². The number of furan rings is 1. The molecule has 0 aliphatic carbocycles. The normalized spacial score (nSPS) is 10.9. The van der Waals surface area contributed by atoms with E-state index in [-0.39, 0.29) is 5.76 Å². The maximum atomic E-state index is 11.6. The van der Waals surface area contributed by atoms with E-state index in [0.29, 0.717) is 19.7 Å². The van der Waals surface area contributed by atoms with Crippen LogP contribution in [0.2, 0.25) is 0 Å². The summed E-state index contributed by atoms with van der Waals surface area (Å²) in [5.74, 6) is 0.570. The van der Waals surface area contributed by atoms with Gasteiger partial charge in [0, 0.05) is 19.6 Å². The molecule has 0 atom stereocenters. The fourth-order valence-corrected chi connectivity index (χ4v) is 2.38. The molecule has 0 unspecified atom stereocenters. The minimum absolute atomic E-state index is 0.248. The standard InChI is InChI=1S/C18H24N2O3/c1-2-22-18(21)17-9-8-16(23-17)14-20(13-11-19)12-10-15-6-4-3-5-7-15/h3-9H,2,10-14,19H2,1H3. The smallest absolute Gasteiger partial charge is 0.374 e. The highest BCUT2D eigenvalue weighted by Crippen LogP contribution is 2.12. The van der Waals surface area contributed by atoms with Gasteiger partial charge in [-0.3, -0.25) is 4.90 Å². The van der Waals surface area contributed by atoms with E-state index in [9.17, 15) is 4.79 Å². The molecule has 0 radical (unpaired) electrons. The van der Waals surface area contributed by atoms with Gasteiger partial charge in [0.25, 0.3) is 0 Å². The molecule has 2 N–H and O–H groups in total. The monoisotopic (exact) mass is 316 g/mol. The Morgan fingerprint density at radius 3 is 2.65 bits per heavy atom. The van der Waals surface area contributed by atoms with E-state index in [0.717, 1.165) is 25.3 Å². The van der Waals surface area contributed by atoms with Crippen molar-refractivity contribution in [2.45, 2.75) is 19.9 Å². The number of ether oxygens (including phenoxy) is 1. The van der Waals surface area contributed by atoms with Gasteiger partial charge in [-0.05, 0) is 31.0 Å². The lowest BCUT2D eigenvalue weighted by Gasteiger charge is -2.20. The quantitative estimate of drug-likeness (QED) is 0.720. The summed E-state index contributed by atoms with van der Waals surface area (Å²) >= 11 is 0. The van der Waals surface area contributed by atoms with Crippen LogP contribution in [0, 0.1) is 0 Å². The third-order valence-electron chi connectivity index (χ3n) is 3.52. The van der Waals surface area contributed by atoms with Crippen LogP contribution in [-0.2, 0) is 17.7 Å². The summed E-state index contributed by atoms with van der Waals surface area (Å²) in [5.41, 5.74) is 6.99. The number of nitrogens with two attached hydrogens (primary N) is 1. The summed E-state index contributed by atoms with van der Waals surface area (Å²) in [5, 5.41) is 0. The van der Waals surface area contributed by atoms with Crippen molar-refractivity contribution in [1.29, 1.82) is 0 Å². The molecule has 5 nitrogen and oxygen atoms in total.